The number of carbonyl (C=O) groups is 2. The number of nitrogens with zero attached hydrogens (tertiary/aromatic N) is 2. The molecule has 4 atom stereocenters. The van der Waals surface area contributed by atoms with E-state index < -0.39 is 0 Å². The van der Waals surface area contributed by atoms with E-state index in [9.17, 15) is 9.59 Å². The van der Waals surface area contributed by atoms with Gasteiger partial charge in [0.05, 0.1) is 24.2 Å². The summed E-state index contributed by atoms with van der Waals surface area (Å²) in [7, 11) is 0. The van der Waals surface area contributed by atoms with E-state index in [1.807, 2.05) is 58.3 Å². The van der Waals surface area contributed by atoms with Crippen LogP contribution in [0.3, 0.4) is 0 Å². The van der Waals surface area contributed by atoms with E-state index in [0.717, 1.165) is 58.4 Å². The van der Waals surface area contributed by atoms with Gasteiger partial charge < -0.3 is 9.47 Å². The van der Waals surface area contributed by atoms with Gasteiger partial charge in [0.2, 0.25) is 0 Å². The van der Waals surface area contributed by atoms with E-state index in [2.05, 4.69) is 24.3 Å². The lowest BCUT2D eigenvalue weighted by molar-refractivity contribution is -0.0662. The van der Waals surface area contributed by atoms with Gasteiger partial charge in [-0.15, -0.1) is 0 Å². The summed E-state index contributed by atoms with van der Waals surface area (Å²) in [5, 5.41) is 4.27. The molecular weight excluding hydrogens is 452 g/mol. The molecule has 0 bridgehead atoms. The maximum absolute atomic E-state index is 13.7. The quantitative estimate of drug-likeness (QED) is 0.282. The molecule has 1 aliphatic carbocycles. The third kappa shape index (κ3) is 2.56. The second kappa shape index (κ2) is 7.23. The second-order valence-corrected chi connectivity index (χ2v) is 10.3. The van der Waals surface area contributed by atoms with Gasteiger partial charge in [-0.05, 0) is 46.5 Å². The highest BCUT2D eigenvalue weighted by Gasteiger charge is 2.58. The molecule has 6 nitrogen and oxygen atoms in total. The number of ether oxygens (including phenoxy) is 2. The summed E-state index contributed by atoms with van der Waals surface area (Å²) in [6.07, 6.45) is 3.09. The van der Waals surface area contributed by atoms with Crippen LogP contribution >= 0.6 is 0 Å². The summed E-state index contributed by atoms with van der Waals surface area (Å²) >= 11 is 0. The topological polar surface area (TPSA) is 59.1 Å². The zero-order valence-electron chi connectivity index (χ0n) is 19.6. The summed E-state index contributed by atoms with van der Waals surface area (Å²) in [5.74, 6) is 1.16. The zero-order chi connectivity index (χ0) is 24.0. The minimum atomic E-state index is -0.371. The van der Waals surface area contributed by atoms with Crippen molar-refractivity contribution in [1.29, 1.82) is 0 Å². The van der Waals surface area contributed by atoms with E-state index in [-0.39, 0.29) is 36.4 Å². The molecule has 36 heavy (non-hydrogen) atoms. The Bertz CT molecular complexity index is 1480. The Hall–Kier alpha value is -4.06. The predicted molar refractivity (Wildman–Crippen MR) is 135 cm³/mol. The average molecular weight is 477 g/mol. The monoisotopic (exact) mass is 476 g/mol. The van der Waals surface area contributed by atoms with Gasteiger partial charge in [-0.1, -0.05) is 73.5 Å². The van der Waals surface area contributed by atoms with Crippen LogP contribution in [0.15, 0.2) is 72.8 Å². The van der Waals surface area contributed by atoms with E-state index >= 15 is 0 Å². The standard InChI is InChI=1S/C30H24N2O4/c33-29-31-21-11-5-6-12-22(21)32-28(26-20-10-4-2-8-18(20)14-16-24(26)36-30(32)34)27(31)25-19-9-3-1-7-17(19)13-15-23(25)35-29/h1-4,7-10,13-16,21-22,27-28H,5-6,11-12H2/t21-,22-,27-,28+/m1/s1. The van der Waals surface area contributed by atoms with Crippen molar-refractivity contribution < 1.29 is 19.1 Å². The lowest BCUT2D eigenvalue weighted by atomic mass is 9.76. The van der Waals surface area contributed by atoms with Crippen molar-refractivity contribution in [2.24, 2.45) is 0 Å². The first-order chi connectivity index (χ1) is 17.7. The zero-order valence-corrected chi connectivity index (χ0v) is 19.6. The van der Waals surface area contributed by atoms with E-state index in [4.69, 9.17) is 9.47 Å². The average Bonchev–Trinajstić information content (AvgIpc) is 2.92. The van der Waals surface area contributed by atoms with Crippen LogP contribution in [0.25, 0.3) is 21.5 Å². The van der Waals surface area contributed by atoms with Crippen molar-refractivity contribution >= 4 is 33.7 Å². The summed E-state index contributed by atoms with van der Waals surface area (Å²) < 4.78 is 12.0. The molecule has 6 heteroatoms. The molecule has 3 aliphatic heterocycles. The number of hydrogen-bond acceptors (Lipinski definition) is 4. The molecule has 4 aromatic carbocycles. The Labute approximate surface area is 208 Å². The SMILES string of the molecule is O=C1Oc2ccc3ccccc3c2[C@@H]2[C@@H]3c4c(ccc5ccccc45)OC(=O)N3[C@@H]3CCCC[C@H]3N12. The van der Waals surface area contributed by atoms with Crippen LogP contribution in [0.2, 0.25) is 0 Å². The summed E-state index contributed by atoms with van der Waals surface area (Å²) in [6, 6.07) is 23.3. The number of benzene rings is 4. The highest BCUT2D eigenvalue weighted by Crippen LogP contribution is 2.58. The van der Waals surface area contributed by atoms with Gasteiger partial charge in [-0.3, -0.25) is 9.80 Å². The first-order valence-corrected chi connectivity index (χ1v) is 12.7. The first-order valence-electron chi connectivity index (χ1n) is 12.7. The van der Waals surface area contributed by atoms with Gasteiger partial charge in [0.15, 0.2) is 0 Å². The summed E-state index contributed by atoms with van der Waals surface area (Å²) in [6.45, 7) is 0. The smallest absolute Gasteiger partial charge is 0.410 e. The highest BCUT2D eigenvalue weighted by molar-refractivity contribution is 5.94. The summed E-state index contributed by atoms with van der Waals surface area (Å²) in [4.78, 5) is 31.3. The first kappa shape index (κ1) is 20.2. The van der Waals surface area contributed by atoms with Crippen molar-refractivity contribution in [3.63, 3.8) is 0 Å². The molecule has 0 unspecified atom stereocenters. The highest BCUT2D eigenvalue weighted by atomic mass is 16.6. The molecule has 0 spiro atoms. The molecule has 0 N–H and O–H groups in total. The number of amides is 2. The van der Waals surface area contributed by atoms with Gasteiger partial charge in [0.25, 0.3) is 0 Å². The van der Waals surface area contributed by atoms with Crippen LogP contribution in [0.5, 0.6) is 11.5 Å². The fourth-order valence-electron chi connectivity index (χ4n) is 7.18. The van der Waals surface area contributed by atoms with Crippen molar-refractivity contribution in [1.82, 2.24) is 9.80 Å². The fraction of sp³-hybridized carbons (Fsp3) is 0.267. The lowest BCUT2D eigenvalue weighted by Crippen LogP contribution is -2.67. The molecule has 3 heterocycles. The number of carbonyl (C=O) groups excluding carboxylic acids is 2. The molecule has 2 fully saturated rings. The molecule has 4 aromatic rings. The normalized spacial score (nSPS) is 26.3. The Morgan fingerprint density at radius 3 is 1.50 bits per heavy atom. The Morgan fingerprint density at radius 2 is 1.03 bits per heavy atom. The molecule has 1 saturated heterocycles. The van der Waals surface area contributed by atoms with Crippen molar-refractivity contribution in [2.45, 2.75) is 49.9 Å². The van der Waals surface area contributed by atoms with Gasteiger partial charge in [0, 0.05) is 11.1 Å². The van der Waals surface area contributed by atoms with Gasteiger partial charge in [0.1, 0.15) is 11.5 Å². The van der Waals surface area contributed by atoms with E-state index in [1.165, 1.54) is 0 Å². The second-order valence-electron chi connectivity index (χ2n) is 10.3. The van der Waals surface area contributed by atoms with Crippen LogP contribution < -0.4 is 9.47 Å². The van der Waals surface area contributed by atoms with Crippen LogP contribution in [0.4, 0.5) is 9.59 Å². The Morgan fingerprint density at radius 1 is 0.583 bits per heavy atom. The van der Waals surface area contributed by atoms with E-state index in [0.29, 0.717) is 11.5 Å². The fourth-order valence-corrected chi connectivity index (χ4v) is 7.18. The molecule has 8 rings (SSSR count). The van der Waals surface area contributed by atoms with Gasteiger partial charge >= 0.3 is 12.2 Å². The Balaban J connectivity index is 1.48. The van der Waals surface area contributed by atoms with Crippen LogP contribution in [0, 0.1) is 0 Å². The molecule has 1 saturated carbocycles. The molecule has 178 valence electrons. The predicted octanol–water partition coefficient (Wildman–Crippen LogP) is 6.73. The molecule has 4 aliphatic rings. The molecule has 2 amide bonds. The molecule has 0 aromatic heterocycles. The molecule has 0 radical (unpaired) electrons. The van der Waals surface area contributed by atoms with Crippen molar-refractivity contribution in [3.8, 4) is 11.5 Å². The lowest BCUT2D eigenvalue weighted by Gasteiger charge is -2.59. The summed E-state index contributed by atoms with van der Waals surface area (Å²) in [5.41, 5.74) is 1.95. The van der Waals surface area contributed by atoms with Gasteiger partial charge in [-0.2, -0.15) is 0 Å². The van der Waals surface area contributed by atoms with Crippen LogP contribution in [-0.4, -0.2) is 34.1 Å². The van der Waals surface area contributed by atoms with Gasteiger partial charge in [-0.25, -0.2) is 9.59 Å². The maximum atomic E-state index is 13.7. The number of fused-ring (bicyclic) bond motifs is 14. The number of rotatable bonds is 0. The molecular formula is C30H24N2O4. The minimum Gasteiger partial charge on any atom is -0.410 e. The largest absolute Gasteiger partial charge is 0.416 e. The number of hydrogen-bond donors (Lipinski definition) is 0. The maximum Gasteiger partial charge on any atom is 0.416 e. The van der Waals surface area contributed by atoms with Crippen molar-refractivity contribution in [3.05, 3.63) is 83.9 Å². The van der Waals surface area contributed by atoms with Crippen molar-refractivity contribution in [2.75, 3.05) is 0 Å². The third-order valence-corrected chi connectivity index (χ3v) is 8.58. The third-order valence-electron chi connectivity index (χ3n) is 8.58. The Kier molecular flexibility index (Phi) is 4.05. The number of piperazine rings is 1. The minimum absolute atomic E-state index is 0.108. The van der Waals surface area contributed by atoms with Crippen LogP contribution in [0.1, 0.15) is 48.9 Å². The van der Waals surface area contributed by atoms with Crippen LogP contribution in [-0.2, 0) is 0 Å². The van der Waals surface area contributed by atoms with E-state index in [1.54, 1.807) is 0 Å².